The van der Waals surface area contributed by atoms with Crippen molar-refractivity contribution >= 4 is 23.3 Å². The van der Waals surface area contributed by atoms with Gasteiger partial charge in [0.2, 0.25) is 0 Å². The summed E-state index contributed by atoms with van der Waals surface area (Å²) in [4.78, 5) is 37.1. The molecule has 162 valence electrons. The average molecular weight is 432 g/mol. The fourth-order valence-electron chi connectivity index (χ4n) is 3.09. The molecule has 0 radical (unpaired) electrons. The molecule has 7 heteroatoms. The maximum Gasteiger partial charge on any atom is 0.262 e. The van der Waals surface area contributed by atoms with E-state index in [1.54, 1.807) is 48.5 Å². The van der Waals surface area contributed by atoms with Gasteiger partial charge in [-0.2, -0.15) is 0 Å². The molecule has 0 aromatic heterocycles. The molecule has 0 unspecified atom stereocenters. The number of benzene rings is 3. The van der Waals surface area contributed by atoms with Crippen molar-refractivity contribution in [3.05, 3.63) is 95.3 Å². The highest BCUT2D eigenvalue weighted by Gasteiger charge is 2.25. The molecule has 1 fully saturated rings. The maximum atomic E-state index is 13.0. The summed E-state index contributed by atoms with van der Waals surface area (Å²) in [6.07, 6.45) is 1.95. The van der Waals surface area contributed by atoms with Gasteiger partial charge in [-0.05, 0) is 73.5 Å². The third-order valence-electron chi connectivity index (χ3n) is 4.95. The first-order chi connectivity index (χ1) is 15.5. The molecule has 3 aromatic carbocycles. The lowest BCUT2D eigenvalue weighted by Crippen LogP contribution is -2.28. The monoisotopic (exact) mass is 432 g/mol. The largest absolute Gasteiger partial charge is 0.484 e. The van der Waals surface area contributed by atoms with Crippen LogP contribution in [-0.4, -0.2) is 30.2 Å². The lowest BCUT2D eigenvalue weighted by molar-refractivity contribution is -0.118. The molecule has 6 nitrogen and oxygen atoms in total. The number of ketones is 1. The van der Waals surface area contributed by atoms with Crippen LogP contribution in [0.5, 0.6) is 5.75 Å². The molecule has 0 saturated heterocycles. The van der Waals surface area contributed by atoms with Crippen molar-refractivity contribution < 1.29 is 23.5 Å². The van der Waals surface area contributed by atoms with Gasteiger partial charge in [0.15, 0.2) is 12.4 Å². The Morgan fingerprint density at radius 2 is 1.50 bits per heavy atom. The molecule has 2 N–H and O–H groups in total. The molecule has 1 aliphatic rings. The van der Waals surface area contributed by atoms with Gasteiger partial charge in [0, 0.05) is 17.2 Å². The van der Waals surface area contributed by atoms with Crippen LogP contribution in [0, 0.1) is 5.82 Å². The Bertz CT molecular complexity index is 1140. The molecule has 0 spiro atoms. The number of carbonyl (C=O) groups is 3. The summed E-state index contributed by atoms with van der Waals surface area (Å²) < 4.78 is 18.5. The number of ether oxygens (including phenoxy) is 1. The first kappa shape index (κ1) is 21.2. The van der Waals surface area contributed by atoms with E-state index in [0.717, 1.165) is 12.8 Å². The predicted molar refractivity (Wildman–Crippen MR) is 117 cm³/mol. The van der Waals surface area contributed by atoms with E-state index in [4.69, 9.17) is 4.74 Å². The van der Waals surface area contributed by atoms with Gasteiger partial charge in [0.25, 0.3) is 11.8 Å². The molecular weight excluding hydrogens is 411 g/mol. The molecule has 0 aliphatic heterocycles. The second kappa shape index (κ2) is 9.43. The number of hydrogen-bond acceptors (Lipinski definition) is 4. The number of carbonyl (C=O) groups excluding carboxylic acids is 3. The lowest BCUT2D eigenvalue weighted by atomic mass is 10.0. The summed E-state index contributed by atoms with van der Waals surface area (Å²) in [5.74, 6) is -0.866. The number of para-hydroxylation sites is 1. The summed E-state index contributed by atoms with van der Waals surface area (Å²) >= 11 is 0. The molecule has 1 aliphatic carbocycles. The summed E-state index contributed by atoms with van der Waals surface area (Å²) in [6.45, 7) is -0.260. The van der Waals surface area contributed by atoms with Crippen LogP contribution >= 0.6 is 0 Å². The molecule has 0 heterocycles. The zero-order valence-corrected chi connectivity index (χ0v) is 17.1. The van der Waals surface area contributed by atoms with Crippen LogP contribution in [0.4, 0.5) is 10.1 Å². The van der Waals surface area contributed by atoms with E-state index in [2.05, 4.69) is 10.6 Å². The Morgan fingerprint density at radius 1 is 0.875 bits per heavy atom. The SMILES string of the molecule is O=C(COc1ccc(C(=O)c2ccc(F)cc2)cc1)Nc1ccccc1C(=O)NC1CC1. The number of rotatable bonds is 8. The zero-order valence-electron chi connectivity index (χ0n) is 17.1. The van der Waals surface area contributed by atoms with E-state index in [-0.39, 0.29) is 24.3 Å². The quantitative estimate of drug-likeness (QED) is 0.528. The van der Waals surface area contributed by atoms with E-state index < -0.39 is 11.7 Å². The second-order valence-corrected chi connectivity index (χ2v) is 7.49. The Morgan fingerprint density at radius 3 is 2.16 bits per heavy atom. The van der Waals surface area contributed by atoms with Gasteiger partial charge in [0.05, 0.1) is 11.3 Å². The van der Waals surface area contributed by atoms with Crippen molar-refractivity contribution in [2.24, 2.45) is 0 Å². The minimum absolute atomic E-state index is 0.215. The highest BCUT2D eigenvalue weighted by Crippen LogP contribution is 2.22. The molecule has 3 aromatic rings. The normalized spacial score (nSPS) is 12.7. The number of nitrogens with one attached hydrogen (secondary N) is 2. The van der Waals surface area contributed by atoms with Crippen LogP contribution in [0.15, 0.2) is 72.8 Å². The summed E-state index contributed by atoms with van der Waals surface area (Å²) in [6, 6.07) is 18.7. The number of halogens is 1. The van der Waals surface area contributed by atoms with E-state index in [1.165, 1.54) is 24.3 Å². The molecule has 0 atom stereocenters. The smallest absolute Gasteiger partial charge is 0.262 e. The van der Waals surface area contributed by atoms with Crippen molar-refractivity contribution in [3.8, 4) is 5.75 Å². The first-order valence-electron chi connectivity index (χ1n) is 10.2. The lowest BCUT2D eigenvalue weighted by Gasteiger charge is -2.12. The number of amides is 2. The van der Waals surface area contributed by atoms with Gasteiger partial charge in [-0.25, -0.2) is 4.39 Å². The molecule has 2 amide bonds. The second-order valence-electron chi connectivity index (χ2n) is 7.49. The van der Waals surface area contributed by atoms with Gasteiger partial charge >= 0.3 is 0 Å². The van der Waals surface area contributed by atoms with Gasteiger partial charge in [0.1, 0.15) is 11.6 Å². The topological polar surface area (TPSA) is 84.5 Å². The fraction of sp³-hybridized carbons (Fsp3) is 0.160. The zero-order chi connectivity index (χ0) is 22.5. The first-order valence-corrected chi connectivity index (χ1v) is 10.2. The van der Waals surface area contributed by atoms with Crippen LogP contribution in [0.25, 0.3) is 0 Å². The number of hydrogen-bond donors (Lipinski definition) is 2. The van der Waals surface area contributed by atoms with Crippen molar-refractivity contribution in [1.82, 2.24) is 5.32 Å². The average Bonchev–Trinajstić information content (AvgIpc) is 3.62. The van der Waals surface area contributed by atoms with Crippen LogP contribution in [0.3, 0.4) is 0 Å². The highest BCUT2D eigenvalue weighted by molar-refractivity contribution is 6.09. The standard InChI is InChI=1S/C25H21FN2O4/c26-18-9-5-16(6-10-18)24(30)17-7-13-20(14-8-17)32-15-23(29)28-22-4-2-1-3-21(22)25(31)27-19-11-12-19/h1-10,13-14,19H,11-12,15H2,(H,27,31)(H,28,29). The highest BCUT2D eigenvalue weighted by atomic mass is 19.1. The van der Waals surface area contributed by atoms with Crippen molar-refractivity contribution in [2.45, 2.75) is 18.9 Å². The fourth-order valence-corrected chi connectivity index (χ4v) is 3.09. The summed E-state index contributed by atoms with van der Waals surface area (Å²) in [5.41, 5.74) is 1.61. The van der Waals surface area contributed by atoms with E-state index in [1.807, 2.05) is 0 Å². The summed E-state index contributed by atoms with van der Waals surface area (Å²) in [5, 5.41) is 5.60. The van der Waals surface area contributed by atoms with Gasteiger partial charge in [-0.3, -0.25) is 14.4 Å². The Labute approximate surface area is 184 Å². The van der Waals surface area contributed by atoms with Crippen LogP contribution < -0.4 is 15.4 Å². The Kier molecular flexibility index (Phi) is 6.26. The molecule has 1 saturated carbocycles. The molecule has 32 heavy (non-hydrogen) atoms. The van der Waals surface area contributed by atoms with Crippen LogP contribution in [0.1, 0.15) is 39.1 Å². The minimum Gasteiger partial charge on any atom is -0.484 e. The van der Waals surface area contributed by atoms with Gasteiger partial charge in [-0.1, -0.05) is 12.1 Å². The van der Waals surface area contributed by atoms with Crippen molar-refractivity contribution in [2.75, 3.05) is 11.9 Å². The predicted octanol–water partition coefficient (Wildman–Crippen LogP) is 3.97. The van der Waals surface area contributed by atoms with E-state index in [9.17, 15) is 18.8 Å². The third kappa shape index (κ3) is 5.37. The molecular formula is C25H21FN2O4. The minimum atomic E-state index is -0.414. The molecule has 4 rings (SSSR count). The van der Waals surface area contributed by atoms with E-state index in [0.29, 0.717) is 28.1 Å². The van der Waals surface area contributed by atoms with Crippen molar-refractivity contribution in [3.63, 3.8) is 0 Å². The van der Waals surface area contributed by atoms with Crippen LogP contribution in [0.2, 0.25) is 0 Å². The third-order valence-corrected chi connectivity index (χ3v) is 4.95. The van der Waals surface area contributed by atoms with Gasteiger partial charge < -0.3 is 15.4 Å². The van der Waals surface area contributed by atoms with E-state index >= 15 is 0 Å². The maximum absolute atomic E-state index is 13.0. The van der Waals surface area contributed by atoms with Gasteiger partial charge in [-0.15, -0.1) is 0 Å². The summed E-state index contributed by atoms with van der Waals surface area (Å²) in [7, 11) is 0. The van der Waals surface area contributed by atoms with Crippen molar-refractivity contribution in [1.29, 1.82) is 0 Å². The Hall–Kier alpha value is -4.00. The molecule has 0 bridgehead atoms. The Balaban J connectivity index is 1.33. The van der Waals surface area contributed by atoms with Crippen LogP contribution in [-0.2, 0) is 4.79 Å². The number of anilines is 1.